The van der Waals surface area contributed by atoms with E-state index >= 15 is 0 Å². The number of nitrogens with two attached hydrogens (primary N) is 1. The van der Waals surface area contributed by atoms with E-state index in [1.54, 1.807) is 12.1 Å². The van der Waals surface area contributed by atoms with Crippen molar-refractivity contribution in [2.45, 2.75) is 13.3 Å². The van der Waals surface area contributed by atoms with Crippen molar-refractivity contribution in [2.24, 2.45) is 5.73 Å². The third-order valence-electron chi connectivity index (χ3n) is 1.79. The first-order chi connectivity index (χ1) is 6.63. The second-order valence-corrected chi connectivity index (χ2v) is 4.47. The quantitative estimate of drug-likeness (QED) is 0.671. The van der Waals surface area contributed by atoms with Gasteiger partial charge >= 0.3 is 0 Å². The Morgan fingerprint density at radius 3 is 2.33 bits per heavy atom. The van der Waals surface area contributed by atoms with Gasteiger partial charge in [-0.25, -0.2) is 0 Å². The predicted molar refractivity (Wildman–Crippen MR) is 64.5 cm³/mol. The summed E-state index contributed by atoms with van der Waals surface area (Å²) in [6.07, 6.45) is 0.969. The number of thiocarbonyl (C=S) groups is 1. The largest absolute Gasteiger partial charge is 0.384 e. The second kappa shape index (κ2) is 7.10. The van der Waals surface area contributed by atoms with E-state index in [1.807, 2.05) is 12.1 Å². The Morgan fingerprint density at radius 2 is 1.93 bits per heavy atom. The summed E-state index contributed by atoms with van der Waals surface area (Å²) in [5.74, 6) is 0. The van der Waals surface area contributed by atoms with E-state index in [4.69, 9.17) is 5.73 Å². The van der Waals surface area contributed by atoms with Gasteiger partial charge in [0.05, 0.1) is 0 Å². The Hall–Kier alpha value is -0.247. The van der Waals surface area contributed by atoms with Gasteiger partial charge in [0.15, 0.2) is 0 Å². The molecule has 0 radical (unpaired) electrons. The van der Waals surface area contributed by atoms with Crippen molar-refractivity contribution < 1.29 is 24.3 Å². The number of carbonyl (C=O) groups is 1. The summed E-state index contributed by atoms with van der Waals surface area (Å²) in [5, 5.41) is -0.0971. The summed E-state index contributed by atoms with van der Waals surface area (Å²) in [6, 6.07) is 7.47. The van der Waals surface area contributed by atoms with Gasteiger partial charge in [0.2, 0.25) is 5.12 Å². The Morgan fingerprint density at radius 1 is 1.40 bits per heavy atom. The van der Waals surface area contributed by atoms with Gasteiger partial charge in [-0.2, -0.15) is 0 Å². The first-order valence-corrected chi connectivity index (χ1v) is 5.46. The van der Waals surface area contributed by atoms with Crippen LogP contribution < -0.4 is 5.73 Å². The van der Waals surface area contributed by atoms with Crippen LogP contribution in [-0.2, 0) is 25.9 Å². The Bertz CT molecular complexity index is 351. The van der Waals surface area contributed by atoms with Gasteiger partial charge in [0.25, 0.3) is 0 Å². The molecule has 0 aliphatic heterocycles. The fourth-order valence-corrected chi connectivity index (χ4v) is 1.69. The third-order valence-corrected chi connectivity index (χ3v) is 2.66. The molecule has 0 bridgehead atoms. The van der Waals surface area contributed by atoms with Crippen molar-refractivity contribution >= 4 is 33.4 Å². The molecule has 0 amide bonds. The van der Waals surface area contributed by atoms with Gasteiger partial charge < -0.3 is 5.73 Å². The molecule has 1 aromatic carbocycles. The molecule has 0 aliphatic rings. The molecule has 0 unspecified atom stereocenters. The van der Waals surface area contributed by atoms with Crippen LogP contribution in [-0.4, -0.2) is 9.44 Å². The first kappa shape index (κ1) is 14.8. The smallest absolute Gasteiger partial charge is 0.226 e. The maximum atomic E-state index is 11.5. The summed E-state index contributed by atoms with van der Waals surface area (Å²) < 4.78 is 0.162. The average Bonchev–Trinajstić information content (AvgIpc) is 2.17. The van der Waals surface area contributed by atoms with Crippen molar-refractivity contribution in [3.8, 4) is 0 Å². The molecule has 0 saturated carbocycles. The van der Waals surface area contributed by atoms with E-state index in [1.165, 1.54) is 5.56 Å². The second-order valence-electron chi connectivity index (χ2n) is 2.76. The number of aryl methyl sites for hydroxylation is 1. The molecule has 15 heavy (non-hydrogen) atoms. The normalized spacial score (nSPS) is 9.13. The van der Waals surface area contributed by atoms with E-state index in [0.717, 1.165) is 18.2 Å². The van der Waals surface area contributed by atoms with Crippen LogP contribution in [0.2, 0.25) is 0 Å². The monoisotopic (exact) mass is 289 g/mol. The van der Waals surface area contributed by atoms with Crippen molar-refractivity contribution in [2.75, 3.05) is 0 Å². The molecule has 0 spiro atoms. The molecule has 2 nitrogen and oxygen atoms in total. The minimum Gasteiger partial charge on any atom is -0.384 e. The van der Waals surface area contributed by atoms with Crippen LogP contribution in [0.3, 0.4) is 0 Å². The van der Waals surface area contributed by atoms with E-state index in [9.17, 15) is 4.79 Å². The van der Waals surface area contributed by atoms with Crippen LogP contribution in [0.4, 0.5) is 0 Å². The molecule has 1 rings (SSSR count). The van der Waals surface area contributed by atoms with Gasteiger partial charge in [0.1, 0.15) is 4.32 Å². The Labute approximate surface area is 112 Å². The maximum Gasteiger partial charge on any atom is 0.226 e. The van der Waals surface area contributed by atoms with E-state index in [0.29, 0.717) is 5.56 Å². The average molecular weight is 291 g/mol. The van der Waals surface area contributed by atoms with Crippen LogP contribution in [0.25, 0.3) is 0 Å². The first-order valence-electron chi connectivity index (χ1n) is 4.24. The summed E-state index contributed by atoms with van der Waals surface area (Å²) in [5.41, 5.74) is 7.11. The SMILES string of the molecule is CCc1ccc(C(=O)SC(N)=S)cc1.[Zn]. The zero-order valence-corrected chi connectivity index (χ0v) is 13.1. The van der Waals surface area contributed by atoms with E-state index in [2.05, 4.69) is 19.1 Å². The molecule has 0 atom stereocenters. The van der Waals surface area contributed by atoms with Gasteiger partial charge in [-0.1, -0.05) is 43.4 Å². The summed E-state index contributed by atoms with van der Waals surface area (Å²) >= 11 is 5.53. The van der Waals surface area contributed by atoms with Crippen LogP contribution >= 0.6 is 24.0 Å². The predicted octanol–water partition coefficient (Wildman–Crippen LogP) is 2.36. The minimum absolute atomic E-state index is 0. The zero-order chi connectivity index (χ0) is 10.6. The molecular weight excluding hydrogens is 280 g/mol. The molecular formula is C10H11NOS2Zn. The number of rotatable bonds is 2. The van der Waals surface area contributed by atoms with Crippen LogP contribution in [0.5, 0.6) is 0 Å². The van der Waals surface area contributed by atoms with Crippen molar-refractivity contribution in [1.82, 2.24) is 0 Å². The maximum absolute atomic E-state index is 11.5. The molecule has 0 saturated heterocycles. The topological polar surface area (TPSA) is 43.1 Å². The van der Waals surface area contributed by atoms with Crippen LogP contribution in [0, 0.1) is 0 Å². The molecule has 5 heteroatoms. The fourth-order valence-electron chi connectivity index (χ4n) is 1.03. The van der Waals surface area contributed by atoms with Crippen molar-refractivity contribution in [3.63, 3.8) is 0 Å². The van der Waals surface area contributed by atoms with Crippen LogP contribution in [0.1, 0.15) is 22.8 Å². The molecule has 0 aromatic heterocycles. The molecule has 76 valence electrons. The summed E-state index contributed by atoms with van der Waals surface area (Å²) in [6.45, 7) is 2.07. The number of hydrogen-bond acceptors (Lipinski definition) is 3. The van der Waals surface area contributed by atoms with Gasteiger partial charge in [-0.15, -0.1) is 0 Å². The molecule has 0 heterocycles. The minimum atomic E-state index is -0.0971. The number of benzene rings is 1. The van der Waals surface area contributed by atoms with Gasteiger partial charge in [-0.05, 0) is 23.7 Å². The summed E-state index contributed by atoms with van der Waals surface area (Å²) in [4.78, 5) is 11.5. The van der Waals surface area contributed by atoms with E-state index in [-0.39, 0.29) is 28.9 Å². The number of carbonyl (C=O) groups excluding carboxylic acids is 1. The standard InChI is InChI=1S/C10H11NOS2.Zn/c1-2-7-3-5-8(6-4-7)9(12)14-10(11)13;/h3-6H,2H2,1H3,(H2,11,13);. The molecule has 2 N–H and O–H groups in total. The summed E-state index contributed by atoms with van der Waals surface area (Å²) in [7, 11) is 0. The van der Waals surface area contributed by atoms with Crippen molar-refractivity contribution in [1.29, 1.82) is 0 Å². The fraction of sp³-hybridized carbons (Fsp3) is 0.200. The Kier molecular flexibility index (Phi) is 6.98. The van der Waals surface area contributed by atoms with Crippen LogP contribution in [0.15, 0.2) is 24.3 Å². The molecule has 1 aromatic rings. The van der Waals surface area contributed by atoms with Gasteiger partial charge in [0, 0.05) is 25.0 Å². The third kappa shape index (κ3) is 4.87. The molecule has 0 aliphatic carbocycles. The Balaban J connectivity index is 0.00000196. The number of thioether (sulfide) groups is 1. The zero-order valence-electron chi connectivity index (χ0n) is 8.53. The molecule has 0 fully saturated rings. The van der Waals surface area contributed by atoms with Crippen molar-refractivity contribution in [3.05, 3.63) is 35.4 Å². The van der Waals surface area contributed by atoms with Gasteiger partial charge in [-0.3, -0.25) is 4.79 Å². The number of hydrogen-bond donors (Lipinski definition) is 1. The van der Waals surface area contributed by atoms with E-state index < -0.39 is 0 Å².